The lowest BCUT2D eigenvalue weighted by atomic mass is 9.85. The zero-order valence-corrected chi connectivity index (χ0v) is 11.4. The molecule has 0 radical (unpaired) electrons. The van der Waals surface area contributed by atoms with Crippen molar-refractivity contribution in [1.82, 2.24) is 5.32 Å². The summed E-state index contributed by atoms with van der Waals surface area (Å²) in [5.74, 6) is -0.485. The topological polar surface area (TPSA) is 83.5 Å². The Hall–Kier alpha value is -0.910. The maximum atomic E-state index is 11.5. The molecule has 0 saturated carbocycles. The summed E-state index contributed by atoms with van der Waals surface area (Å²) in [6, 6.07) is 0. The van der Waals surface area contributed by atoms with Crippen LogP contribution in [0.4, 0.5) is 0 Å². The van der Waals surface area contributed by atoms with E-state index in [9.17, 15) is 13.8 Å². The largest absolute Gasteiger partial charge is 0.481 e. The minimum Gasteiger partial charge on any atom is -0.481 e. The Kier molecular flexibility index (Phi) is 7.03. The lowest BCUT2D eigenvalue weighted by molar-refractivity contribution is -0.139. The summed E-state index contributed by atoms with van der Waals surface area (Å²) in [5, 5.41) is 11.4. The minimum atomic E-state index is -0.899. The second-order valence-electron chi connectivity index (χ2n) is 4.89. The molecule has 6 heteroatoms. The van der Waals surface area contributed by atoms with Gasteiger partial charge in [-0.25, -0.2) is 0 Å². The molecular formula is C11H21NO4S. The Morgan fingerprint density at radius 3 is 2.35 bits per heavy atom. The van der Waals surface area contributed by atoms with Crippen LogP contribution in [0.25, 0.3) is 0 Å². The van der Waals surface area contributed by atoms with Crippen molar-refractivity contribution < 1.29 is 18.9 Å². The fourth-order valence-electron chi connectivity index (χ4n) is 1.47. The van der Waals surface area contributed by atoms with Crippen molar-refractivity contribution in [2.45, 2.75) is 33.1 Å². The zero-order chi connectivity index (χ0) is 13.5. The standard InChI is InChI=1S/C11H21NO4S/c1-11(2,8-10(14)15)7-9(13)12-5-4-6-17(3)16/h4-8H2,1-3H3,(H,12,13)(H,14,15). The molecule has 0 aromatic heterocycles. The number of rotatable bonds is 8. The molecule has 0 saturated heterocycles. The number of hydrogen-bond acceptors (Lipinski definition) is 3. The van der Waals surface area contributed by atoms with E-state index in [1.807, 2.05) is 0 Å². The highest BCUT2D eigenvalue weighted by Gasteiger charge is 2.24. The first-order valence-electron chi connectivity index (χ1n) is 5.51. The molecule has 1 atom stereocenters. The van der Waals surface area contributed by atoms with Gasteiger partial charge in [-0.3, -0.25) is 13.8 Å². The molecule has 100 valence electrons. The minimum absolute atomic E-state index is 0.0284. The predicted octanol–water partition coefficient (Wildman–Crippen LogP) is 0.762. The van der Waals surface area contributed by atoms with Crippen LogP contribution in [0.3, 0.4) is 0 Å². The van der Waals surface area contributed by atoms with Crippen LogP contribution >= 0.6 is 0 Å². The molecule has 0 aromatic carbocycles. The smallest absolute Gasteiger partial charge is 0.303 e. The van der Waals surface area contributed by atoms with Crippen molar-refractivity contribution in [3.63, 3.8) is 0 Å². The Bertz CT molecular complexity index is 302. The van der Waals surface area contributed by atoms with E-state index < -0.39 is 22.2 Å². The van der Waals surface area contributed by atoms with Gasteiger partial charge in [-0.15, -0.1) is 0 Å². The average Bonchev–Trinajstić information content (AvgIpc) is 2.08. The summed E-state index contributed by atoms with van der Waals surface area (Å²) in [6.45, 7) is 3.99. The van der Waals surface area contributed by atoms with Gasteiger partial charge >= 0.3 is 5.97 Å². The maximum absolute atomic E-state index is 11.5. The summed E-state index contributed by atoms with van der Waals surface area (Å²) < 4.78 is 10.8. The third-order valence-electron chi connectivity index (χ3n) is 2.20. The number of carbonyl (C=O) groups is 2. The van der Waals surface area contributed by atoms with E-state index in [0.29, 0.717) is 18.7 Å². The molecule has 0 aliphatic heterocycles. The van der Waals surface area contributed by atoms with Crippen LogP contribution in [0.15, 0.2) is 0 Å². The number of carboxylic acids is 1. The van der Waals surface area contributed by atoms with Gasteiger partial charge in [0.05, 0.1) is 6.42 Å². The van der Waals surface area contributed by atoms with Crippen LogP contribution in [0.2, 0.25) is 0 Å². The highest BCUT2D eigenvalue weighted by molar-refractivity contribution is 7.84. The van der Waals surface area contributed by atoms with Crippen molar-refractivity contribution in [3.8, 4) is 0 Å². The Morgan fingerprint density at radius 1 is 1.29 bits per heavy atom. The lowest BCUT2D eigenvalue weighted by Gasteiger charge is -2.21. The normalized spacial score (nSPS) is 13.1. The Balaban J connectivity index is 3.85. The zero-order valence-electron chi connectivity index (χ0n) is 10.6. The van der Waals surface area contributed by atoms with Crippen LogP contribution in [-0.4, -0.2) is 39.7 Å². The summed E-state index contributed by atoms with van der Waals surface area (Å²) >= 11 is 0. The Labute approximate surface area is 104 Å². The first-order valence-corrected chi connectivity index (χ1v) is 7.24. The summed E-state index contributed by atoms with van der Waals surface area (Å²) in [6.07, 6.45) is 2.46. The molecule has 0 fully saturated rings. The van der Waals surface area contributed by atoms with Crippen molar-refractivity contribution in [1.29, 1.82) is 0 Å². The molecule has 17 heavy (non-hydrogen) atoms. The summed E-state index contributed by atoms with van der Waals surface area (Å²) in [4.78, 5) is 22.1. The van der Waals surface area contributed by atoms with Gasteiger partial charge in [0.25, 0.3) is 0 Å². The highest BCUT2D eigenvalue weighted by atomic mass is 32.2. The lowest BCUT2D eigenvalue weighted by Crippen LogP contribution is -2.31. The van der Waals surface area contributed by atoms with E-state index in [2.05, 4.69) is 5.32 Å². The van der Waals surface area contributed by atoms with Gasteiger partial charge in [0, 0.05) is 35.8 Å². The van der Waals surface area contributed by atoms with Gasteiger partial charge in [-0.05, 0) is 11.8 Å². The van der Waals surface area contributed by atoms with E-state index in [1.165, 1.54) is 0 Å². The number of hydrogen-bond donors (Lipinski definition) is 2. The number of nitrogens with one attached hydrogen (secondary N) is 1. The van der Waals surface area contributed by atoms with E-state index in [1.54, 1.807) is 20.1 Å². The van der Waals surface area contributed by atoms with Gasteiger partial charge in [0.1, 0.15) is 0 Å². The third kappa shape index (κ3) is 9.99. The molecule has 2 N–H and O–H groups in total. The van der Waals surface area contributed by atoms with Crippen molar-refractivity contribution in [2.75, 3.05) is 18.6 Å². The van der Waals surface area contributed by atoms with Gasteiger partial charge < -0.3 is 10.4 Å². The first-order chi connectivity index (χ1) is 7.73. The van der Waals surface area contributed by atoms with E-state index >= 15 is 0 Å². The molecule has 0 aliphatic rings. The van der Waals surface area contributed by atoms with Crippen molar-refractivity contribution in [2.24, 2.45) is 5.41 Å². The van der Waals surface area contributed by atoms with Gasteiger partial charge in [-0.2, -0.15) is 0 Å². The number of carbonyl (C=O) groups excluding carboxylic acids is 1. The molecule has 0 spiro atoms. The molecule has 0 bridgehead atoms. The van der Waals surface area contributed by atoms with Crippen LogP contribution < -0.4 is 5.32 Å². The number of carboxylic acid groups (broad SMARTS) is 1. The van der Waals surface area contributed by atoms with E-state index in [-0.39, 0.29) is 18.7 Å². The first kappa shape index (κ1) is 16.1. The van der Waals surface area contributed by atoms with Crippen LogP contribution in [0, 0.1) is 5.41 Å². The molecule has 1 amide bonds. The van der Waals surface area contributed by atoms with Gasteiger partial charge in [-0.1, -0.05) is 13.8 Å². The summed E-state index contributed by atoms with van der Waals surface area (Å²) in [7, 11) is -0.836. The Morgan fingerprint density at radius 2 is 1.88 bits per heavy atom. The molecule has 5 nitrogen and oxygen atoms in total. The summed E-state index contributed by atoms with van der Waals surface area (Å²) in [5.41, 5.74) is -0.538. The van der Waals surface area contributed by atoms with Crippen LogP contribution in [-0.2, 0) is 20.4 Å². The second-order valence-corrected chi connectivity index (χ2v) is 6.45. The predicted molar refractivity (Wildman–Crippen MR) is 67.2 cm³/mol. The van der Waals surface area contributed by atoms with Crippen molar-refractivity contribution in [3.05, 3.63) is 0 Å². The molecule has 0 aliphatic carbocycles. The molecule has 0 aromatic rings. The van der Waals surface area contributed by atoms with Gasteiger partial charge in [0.2, 0.25) is 5.91 Å². The van der Waals surface area contributed by atoms with Gasteiger partial charge in [0.15, 0.2) is 0 Å². The van der Waals surface area contributed by atoms with Crippen LogP contribution in [0.5, 0.6) is 0 Å². The monoisotopic (exact) mass is 263 g/mol. The molecule has 1 unspecified atom stereocenters. The molecular weight excluding hydrogens is 242 g/mol. The van der Waals surface area contributed by atoms with Crippen LogP contribution in [0.1, 0.15) is 33.1 Å². The molecule has 0 rings (SSSR count). The molecule has 0 heterocycles. The highest BCUT2D eigenvalue weighted by Crippen LogP contribution is 2.24. The third-order valence-corrected chi connectivity index (χ3v) is 3.06. The maximum Gasteiger partial charge on any atom is 0.303 e. The van der Waals surface area contributed by atoms with E-state index in [0.717, 1.165) is 0 Å². The average molecular weight is 263 g/mol. The number of amides is 1. The van der Waals surface area contributed by atoms with E-state index in [4.69, 9.17) is 5.11 Å². The fraction of sp³-hybridized carbons (Fsp3) is 0.818. The van der Waals surface area contributed by atoms with Crippen molar-refractivity contribution >= 4 is 22.7 Å². The fourth-order valence-corrected chi connectivity index (χ4v) is 2.02. The number of aliphatic carboxylic acids is 1. The SMILES string of the molecule is CS(=O)CCCNC(=O)CC(C)(C)CC(=O)O. The quantitative estimate of drug-likeness (QED) is 0.633. The second kappa shape index (κ2) is 7.42.